The van der Waals surface area contributed by atoms with Gasteiger partial charge in [0.25, 0.3) is 11.7 Å². The van der Waals surface area contributed by atoms with Crippen LogP contribution in [-0.2, 0) is 4.74 Å². The van der Waals surface area contributed by atoms with E-state index in [1.807, 2.05) is 30.3 Å². The number of esters is 1. The molecule has 2 rings (SSSR count). The van der Waals surface area contributed by atoms with Crippen LogP contribution in [0.25, 0.3) is 11.5 Å². The van der Waals surface area contributed by atoms with Gasteiger partial charge in [-0.3, -0.25) is 0 Å². The predicted molar refractivity (Wildman–Crippen MR) is 51.1 cm³/mol. The Kier molecular flexibility index (Phi) is 2.45. The number of benzene rings is 1. The van der Waals surface area contributed by atoms with Gasteiger partial charge in [0, 0.05) is 5.56 Å². The molecule has 0 radical (unpaired) electrons. The molecule has 0 bridgehead atoms. The molecular formula is C10H8N2O3. The lowest BCUT2D eigenvalue weighted by molar-refractivity contribution is 0.0583. The molecule has 1 heterocycles. The van der Waals surface area contributed by atoms with Crippen molar-refractivity contribution in [2.45, 2.75) is 0 Å². The Hall–Kier alpha value is -2.17. The van der Waals surface area contributed by atoms with Gasteiger partial charge < -0.3 is 9.26 Å². The van der Waals surface area contributed by atoms with Crippen LogP contribution in [0.2, 0.25) is 0 Å². The van der Waals surface area contributed by atoms with Crippen LogP contribution in [0.1, 0.15) is 10.6 Å². The zero-order valence-electron chi connectivity index (χ0n) is 8.01. The molecule has 76 valence electrons. The molecule has 1 aromatic carbocycles. The Bertz CT molecular complexity index is 465. The van der Waals surface area contributed by atoms with Crippen LogP contribution < -0.4 is 0 Å². The maximum Gasteiger partial charge on any atom is 0.379 e. The summed E-state index contributed by atoms with van der Waals surface area (Å²) in [4.78, 5) is 14.9. The van der Waals surface area contributed by atoms with E-state index in [1.165, 1.54) is 7.11 Å². The standard InChI is InChI=1S/C10H8N2O3/c1-14-10(13)8-11-9(15-12-8)7-5-3-2-4-6-7/h2-6H,1H3. The van der Waals surface area contributed by atoms with Crippen molar-refractivity contribution in [2.75, 3.05) is 7.11 Å². The molecule has 1 aromatic heterocycles. The summed E-state index contributed by atoms with van der Waals surface area (Å²) in [6.45, 7) is 0. The summed E-state index contributed by atoms with van der Waals surface area (Å²) in [6, 6.07) is 9.19. The molecule has 15 heavy (non-hydrogen) atoms. The molecular weight excluding hydrogens is 196 g/mol. The summed E-state index contributed by atoms with van der Waals surface area (Å²) < 4.78 is 9.37. The maximum absolute atomic E-state index is 11.1. The first-order valence-corrected chi connectivity index (χ1v) is 4.28. The number of carbonyl (C=O) groups excluding carboxylic acids is 1. The number of hydrogen-bond acceptors (Lipinski definition) is 5. The van der Waals surface area contributed by atoms with Gasteiger partial charge >= 0.3 is 5.97 Å². The molecule has 0 fully saturated rings. The topological polar surface area (TPSA) is 65.2 Å². The Labute approximate surface area is 85.7 Å². The van der Waals surface area contributed by atoms with Crippen LogP contribution >= 0.6 is 0 Å². The fourth-order valence-corrected chi connectivity index (χ4v) is 1.10. The van der Waals surface area contributed by atoms with Crippen LogP contribution in [0.5, 0.6) is 0 Å². The second kappa shape index (κ2) is 3.91. The fraction of sp³-hybridized carbons (Fsp3) is 0.100. The Balaban J connectivity index is 2.32. The van der Waals surface area contributed by atoms with Crippen molar-refractivity contribution in [2.24, 2.45) is 0 Å². The highest BCUT2D eigenvalue weighted by atomic mass is 16.5. The Morgan fingerprint density at radius 2 is 2.07 bits per heavy atom. The summed E-state index contributed by atoms with van der Waals surface area (Å²) in [5.41, 5.74) is 0.764. The van der Waals surface area contributed by atoms with Gasteiger partial charge in [-0.05, 0) is 17.3 Å². The van der Waals surface area contributed by atoms with Crippen molar-refractivity contribution in [1.82, 2.24) is 10.1 Å². The molecule has 0 amide bonds. The highest BCUT2D eigenvalue weighted by Crippen LogP contribution is 2.15. The van der Waals surface area contributed by atoms with E-state index < -0.39 is 5.97 Å². The molecule has 2 aromatic rings. The first kappa shape index (κ1) is 9.39. The van der Waals surface area contributed by atoms with Gasteiger partial charge in [0.2, 0.25) is 0 Å². The summed E-state index contributed by atoms with van der Waals surface area (Å²) in [6.07, 6.45) is 0. The third-order valence-corrected chi connectivity index (χ3v) is 1.81. The molecule has 0 N–H and O–H groups in total. The van der Waals surface area contributed by atoms with Crippen molar-refractivity contribution in [3.8, 4) is 11.5 Å². The van der Waals surface area contributed by atoms with Gasteiger partial charge in [0.05, 0.1) is 7.11 Å². The summed E-state index contributed by atoms with van der Waals surface area (Å²) in [5, 5.41) is 3.50. The van der Waals surface area contributed by atoms with E-state index in [-0.39, 0.29) is 5.82 Å². The molecule has 0 aliphatic rings. The normalized spacial score (nSPS) is 9.93. The molecule has 0 spiro atoms. The minimum absolute atomic E-state index is 0.0728. The maximum atomic E-state index is 11.1. The lowest BCUT2D eigenvalue weighted by atomic mass is 10.2. The molecule has 0 saturated heterocycles. The third-order valence-electron chi connectivity index (χ3n) is 1.81. The quantitative estimate of drug-likeness (QED) is 0.694. The van der Waals surface area contributed by atoms with E-state index in [0.29, 0.717) is 5.89 Å². The van der Waals surface area contributed by atoms with Gasteiger partial charge in [-0.2, -0.15) is 4.98 Å². The van der Waals surface area contributed by atoms with Gasteiger partial charge in [0.15, 0.2) is 0 Å². The highest BCUT2D eigenvalue weighted by molar-refractivity contribution is 5.85. The van der Waals surface area contributed by atoms with Crippen molar-refractivity contribution in [1.29, 1.82) is 0 Å². The van der Waals surface area contributed by atoms with Crippen molar-refractivity contribution >= 4 is 5.97 Å². The van der Waals surface area contributed by atoms with Crippen LogP contribution in [0.15, 0.2) is 34.9 Å². The second-order valence-electron chi connectivity index (χ2n) is 2.78. The van der Waals surface area contributed by atoms with E-state index in [9.17, 15) is 4.79 Å². The number of carbonyl (C=O) groups is 1. The Morgan fingerprint density at radius 1 is 1.33 bits per heavy atom. The van der Waals surface area contributed by atoms with Gasteiger partial charge in [-0.15, -0.1) is 0 Å². The summed E-state index contributed by atoms with van der Waals surface area (Å²) >= 11 is 0. The largest absolute Gasteiger partial charge is 0.463 e. The summed E-state index contributed by atoms with van der Waals surface area (Å²) in [7, 11) is 1.26. The smallest absolute Gasteiger partial charge is 0.379 e. The SMILES string of the molecule is COC(=O)c1noc(-c2ccccc2)n1. The van der Waals surface area contributed by atoms with E-state index >= 15 is 0 Å². The van der Waals surface area contributed by atoms with Crippen LogP contribution in [0, 0.1) is 0 Å². The van der Waals surface area contributed by atoms with Gasteiger partial charge in [-0.1, -0.05) is 18.2 Å². The zero-order chi connectivity index (χ0) is 10.7. The minimum Gasteiger partial charge on any atom is -0.463 e. The number of ether oxygens (including phenoxy) is 1. The van der Waals surface area contributed by atoms with Crippen molar-refractivity contribution < 1.29 is 14.1 Å². The third kappa shape index (κ3) is 1.85. The molecule has 0 aliphatic carbocycles. The molecule has 0 atom stereocenters. The number of methoxy groups -OCH3 is 1. The summed E-state index contributed by atoms with van der Waals surface area (Å²) in [5.74, 6) is -0.381. The number of nitrogens with zero attached hydrogens (tertiary/aromatic N) is 2. The molecule has 0 saturated carbocycles. The first-order chi connectivity index (χ1) is 7.31. The van der Waals surface area contributed by atoms with Crippen LogP contribution in [-0.4, -0.2) is 23.2 Å². The monoisotopic (exact) mass is 204 g/mol. The number of hydrogen-bond donors (Lipinski definition) is 0. The predicted octanol–water partition coefficient (Wildman–Crippen LogP) is 1.52. The fourth-order valence-electron chi connectivity index (χ4n) is 1.10. The highest BCUT2D eigenvalue weighted by Gasteiger charge is 2.15. The lowest BCUT2D eigenvalue weighted by Gasteiger charge is -1.90. The number of aromatic nitrogens is 2. The second-order valence-corrected chi connectivity index (χ2v) is 2.78. The first-order valence-electron chi connectivity index (χ1n) is 4.28. The zero-order valence-corrected chi connectivity index (χ0v) is 8.01. The van der Waals surface area contributed by atoms with E-state index in [1.54, 1.807) is 0 Å². The molecule has 0 unspecified atom stereocenters. The van der Waals surface area contributed by atoms with E-state index in [0.717, 1.165) is 5.56 Å². The van der Waals surface area contributed by atoms with E-state index in [4.69, 9.17) is 4.52 Å². The van der Waals surface area contributed by atoms with Gasteiger partial charge in [0.1, 0.15) is 0 Å². The lowest BCUT2D eigenvalue weighted by Crippen LogP contribution is -2.03. The van der Waals surface area contributed by atoms with Gasteiger partial charge in [-0.25, -0.2) is 4.79 Å². The van der Waals surface area contributed by atoms with Crippen LogP contribution in [0.3, 0.4) is 0 Å². The van der Waals surface area contributed by atoms with Crippen LogP contribution in [0.4, 0.5) is 0 Å². The van der Waals surface area contributed by atoms with Crippen molar-refractivity contribution in [3.63, 3.8) is 0 Å². The molecule has 5 heteroatoms. The molecule has 0 aliphatic heterocycles. The Morgan fingerprint density at radius 3 is 2.73 bits per heavy atom. The van der Waals surface area contributed by atoms with E-state index in [2.05, 4.69) is 14.9 Å². The number of rotatable bonds is 2. The average Bonchev–Trinajstić information content (AvgIpc) is 2.78. The molecule has 5 nitrogen and oxygen atoms in total. The average molecular weight is 204 g/mol. The van der Waals surface area contributed by atoms with Crippen molar-refractivity contribution in [3.05, 3.63) is 36.2 Å². The minimum atomic E-state index is -0.610.